The number of ether oxygens (including phenoxy) is 1. The maximum atomic E-state index is 13.0. The third kappa shape index (κ3) is 4.40. The monoisotopic (exact) mass is 456 g/mol. The number of aromatic nitrogens is 2. The van der Waals surface area contributed by atoms with Gasteiger partial charge in [0.15, 0.2) is 17.2 Å². The molecule has 0 spiro atoms. The summed E-state index contributed by atoms with van der Waals surface area (Å²) in [7, 11) is 1.41. The lowest BCUT2D eigenvalue weighted by atomic mass is 10.2. The lowest BCUT2D eigenvalue weighted by Crippen LogP contribution is -2.10. The molecule has 0 amide bonds. The Balaban J connectivity index is 1.98. The first-order valence-electron chi connectivity index (χ1n) is 8.30. The molecule has 0 bridgehead atoms. The number of benzene rings is 2. The van der Waals surface area contributed by atoms with Crippen LogP contribution in [0.5, 0.6) is 11.5 Å². The number of nitrogens with zero attached hydrogens (tertiary/aromatic N) is 3. The van der Waals surface area contributed by atoms with Crippen LogP contribution in [0.15, 0.2) is 36.4 Å². The van der Waals surface area contributed by atoms with Gasteiger partial charge < -0.3 is 15.2 Å². The zero-order valence-electron chi connectivity index (χ0n) is 15.3. The van der Waals surface area contributed by atoms with Gasteiger partial charge in [0.25, 0.3) is 0 Å². The third-order valence-electron chi connectivity index (χ3n) is 4.10. The normalized spacial score (nSPS) is 11.2. The first kappa shape index (κ1) is 21.6. The van der Waals surface area contributed by atoms with Crippen LogP contribution in [-0.4, -0.2) is 22.0 Å². The molecule has 0 unspecified atom stereocenters. The van der Waals surface area contributed by atoms with Crippen LogP contribution in [0.3, 0.4) is 0 Å². The molecule has 3 aromatic rings. The van der Waals surface area contributed by atoms with E-state index in [1.165, 1.54) is 23.9 Å². The minimum absolute atomic E-state index is 0.00128. The molecule has 0 aliphatic heterocycles. The highest BCUT2D eigenvalue weighted by Crippen LogP contribution is 2.38. The van der Waals surface area contributed by atoms with Crippen molar-refractivity contribution in [2.75, 3.05) is 12.4 Å². The Bertz CT molecular complexity index is 1120. The van der Waals surface area contributed by atoms with Crippen LogP contribution in [-0.2, 0) is 12.7 Å². The van der Waals surface area contributed by atoms with Crippen LogP contribution in [0.4, 0.5) is 19.0 Å². The minimum Gasteiger partial charge on any atom is -0.504 e. The van der Waals surface area contributed by atoms with Crippen molar-refractivity contribution >= 4 is 29.0 Å². The van der Waals surface area contributed by atoms with Gasteiger partial charge in [-0.05, 0) is 29.8 Å². The molecule has 0 radical (unpaired) electrons. The van der Waals surface area contributed by atoms with Crippen molar-refractivity contribution in [3.63, 3.8) is 0 Å². The first-order chi connectivity index (χ1) is 14.1. The maximum absolute atomic E-state index is 13.0. The molecule has 6 nitrogen and oxygen atoms in total. The van der Waals surface area contributed by atoms with Gasteiger partial charge in [-0.3, -0.25) is 0 Å². The molecule has 0 aliphatic carbocycles. The molecule has 11 heteroatoms. The quantitative estimate of drug-likeness (QED) is 0.537. The van der Waals surface area contributed by atoms with Gasteiger partial charge in [0.2, 0.25) is 0 Å². The van der Waals surface area contributed by atoms with Gasteiger partial charge >= 0.3 is 6.18 Å². The number of anilines is 1. The van der Waals surface area contributed by atoms with Crippen LogP contribution in [0.1, 0.15) is 16.8 Å². The average Bonchev–Trinajstić information content (AvgIpc) is 3.09. The van der Waals surface area contributed by atoms with Gasteiger partial charge in [-0.25, -0.2) is 4.68 Å². The topological polar surface area (TPSA) is 83.1 Å². The number of methoxy groups -OCH3 is 1. The maximum Gasteiger partial charge on any atom is 0.416 e. The van der Waals surface area contributed by atoms with Gasteiger partial charge in [-0.2, -0.15) is 23.5 Å². The molecule has 0 saturated heterocycles. The van der Waals surface area contributed by atoms with E-state index in [2.05, 4.69) is 10.4 Å². The van der Waals surface area contributed by atoms with Crippen LogP contribution < -0.4 is 10.1 Å². The predicted octanol–water partition coefficient (Wildman–Crippen LogP) is 5.40. The lowest BCUT2D eigenvalue weighted by molar-refractivity contribution is -0.137. The van der Waals surface area contributed by atoms with Gasteiger partial charge in [0.05, 0.1) is 22.7 Å². The smallest absolute Gasteiger partial charge is 0.416 e. The predicted molar refractivity (Wildman–Crippen MR) is 105 cm³/mol. The lowest BCUT2D eigenvalue weighted by Gasteiger charge is -2.15. The van der Waals surface area contributed by atoms with Crippen molar-refractivity contribution in [3.05, 3.63) is 63.3 Å². The molecular weight excluding hydrogens is 444 g/mol. The molecule has 2 aromatic carbocycles. The summed E-state index contributed by atoms with van der Waals surface area (Å²) in [5.41, 5.74) is -0.272. The standard InChI is InChI=1S/C19H13Cl2F3N4O2/c1-30-16-4-10(2-3-15(16)29)9-26-17-7-12(8-25)27-28(17)18-13(20)5-11(6-14(18)21)19(22,23)24/h2-7,26,29H,9H2,1H3. The van der Waals surface area contributed by atoms with Gasteiger partial charge in [0.1, 0.15) is 17.6 Å². The molecule has 3 rings (SSSR count). The summed E-state index contributed by atoms with van der Waals surface area (Å²) < 4.78 is 45.2. The van der Waals surface area contributed by atoms with Crippen molar-refractivity contribution in [3.8, 4) is 23.3 Å². The van der Waals surface area contributed by atoms with Gasteiger partial charge in [0, 0.05) is 12.6 Å². The zero-order valence-corrected chi connectivity index (χ0v) is 16.8. The summed E-state index contributed by atoms with van der Waals surface area (Å²) >= 11 is 12.1. The Morgan fingerprint density at radius 1 is 1.20 bits per heavy atom. The Labute approximate surface area is 179 Å². The number of rotatable bonds is 5. The molecule has 0 fully saturated rings. The fourth-order valence-electron chi connectivity index (χ4n) is 2.69. The molecule has 156 valence electrons. The molecule has 2 N–H and O–H groups in total. The van der Waals surface area contributed by atoms with Crippen LogP contribution >= 0.6 is 23.2 Å². The highest BCUT2D eigenvalue weighted by molar-refractivity contribution is 6.38. The van der Waals surface area contributed by atoms with E-state index in [0.29, 0.717) is 0 Å². The zero-order chi connectivity index (χ0) is 22.1. The number of nitriles is 1. The summed E-state index contributed by atoms with van der Waals surface area (Å²) in [6, 6.07) is 9.46. The largest absolute Gasteiger partial charge is 0.504 e. The summed E-state index contributed by atoms with van der Waals surface area (Å²) in [6.07, 6.45) is -4.62. The Morgan fingerprint density at radius 2 is 1.87 bits per heavy atom. The van der Waals surface area contributed by atoms with Crippen LogP contribution in [0, 0.1) is 11.3 Å². The number of hydrogen-bond donors (Lipinski definition) is 2. The van der Waals surface area contributed by atoms with E-state index in [4.69, 9.17) is 27.9 Å². The third-order valence-corrected chi connectivity index (χ3v) is 4.67. The second kappa shape index (κ2) is 8.34. The number of nitrogens with one attached hydrogen (secondary N) is 1. The van der Waals surface area contributed by atoms with Crippen molar-refractivity contribution in [1.29, 1.82) is 5.26 Å². The minimum atomic E-state index is -4.62. The van der Waals surface area contributed by atoms with Gasteiger partial charge in [-0.15, -0.1) is 0 Å². The molecule has 30 heavy (non-hydrogen) atoms. The summed E-state index contributed by atoms with van der Waals surface area (Å²) in [6.45, 7) is 0.225. The highest BCUT2D eigenvalue weighted by atomic mass is 35.5. The number of alkyl halides is 3. The van der Waals surface area contributed by atoms with Crippen LogP contribution in [0.25, 0.3) is 5.69 Å². The summed E-state index contributed by atoms with van der Waals surface area (Å²) in [4.78, 5) is 0. The van der Waals surface area contributed by atoms with E-state index in [9.17, 15) is 23.5 Å². The molecule has 0 saturated carbocycles. The van der Waals surface area contributed by atoms with Crippen molar-refractivity contribution in [2.45, 2.75) is 12.7 Å². The Morgan fingerprint density at radius 3 is 2.43 bits per heavy atom. The molecule has 1 heterocycles. The Hall–Kier alpha value is -3.09. The number of phenols is 1. The average molecular weight is 457 g/mol. The van der Waals surface area contributed by atoms with Crippen LogP contribution in [0.2, 0.25) is 10.0 Å². The van der Waals surface area contributed by atoms with Crippen molar-refractivity contribution in [2.24, 2.45) is 0 Å². The first-order valence-corrected chi connectivity index (χ1v) is 9.06. The van der Waals surface area contributed by atoms with E-state index >= 15 is 0 Å². The van der Waals surface area contributed by atoms with Gasteiger partial charge in [-0.1, -0.05) is 29.3 Å². The number of halogens is 5. The number of phenolic OH excluding ortho intramolecular Hbond substituents is 1. The molecule has 1 aromatic heterocycles. The fourth-order valence-corrected chi connectivity index (χ4v) is 3.34. The summed E-state index contributed by atoms with van der Waals surface area (Å²) in [5, 5.41) is 25.4. The second-order valence-electron chi connectivity index (χ2n) is 6.08. The van der Waals surface area contributed by atoms with Crippen molar-refractivity contribution in [1.82, 2.24) is 9.78 Å². The van der Waals surface area contributed by atoms with E-state index in [1.54, 1.807) is 12.1 Å². The number of hydrogen-bond acceptors (Lipinski definition) is 5. The van der Waals surface area contributed by atoms with E-state index in [1.807, 2.05) is 6.07 Å². The van der Waals surface area contributed by atoms with E-state index in [-0.39, 0.29) is 45.3 Å². The number of aromatic hydroxyl groups is 1. The van der Waals surface area contributed by atoms with E-state index < -0.39 is 11.7 Å². The second-order valence-corrected chi connectivity index (χ2v) is 6.90. The molecule has 0 atom stereocenters. The Kier molecular flexibility index (Phi) is 6.01. The van der Waals surface area contributed by atoms with Crippen molar-refractivity contribution < 1.29 is 23.0 Å². The fraction of sp³-hybridized carbons (Fsp3) is 0.158. The van der Waals surface area contributed by atoms with E-state index in [0.717, 1.165) is 17.7 Å². The SMILES string of the molecule is COc1cc(CNc2cc(C#N)nn2-c2c(Cl)cc(C(F)(F)F)cc2Cl)ccc1O. The molecule has 0 aliphatic rings. The summed E-state index contributed by atoms with van der Waals surface area (Å²) in [5.74, 6) is 0.526. The molecular formula is C19H13Cl2F3N4O2. The highest BCUT2D eigenvalue weighted by Gasteiger charge is 2.32.